The third-order valence-corrected chi connectivity index (χ3v) is 6.01. The van der Waals surface area contributed by atoms with Gasteiger partial charge in [-0.15, -0.1) is 0 Å². The number of nitrogens with one attached hydrogen (secondary N) is 1. The van der Waals surface area contributed by atoms with Crippen LogP contribution in [0.3, 0.4) is 0 Å². The molecule has 1 aliphatic carbocycles. The molecule has 0 radical (unpaired) electrons. The molecule has 3 N–H and O–H groups in total. The Labute approximate surface area is 234 Å². The minimum absolute atomic E-state index is 0.0554. The summed E-state index contributed by atoms with van der Waals surface area (Å²) in [6.45, 7) is 2.89. The van der Waals surface area contributed by atoms with E-state index in [1.54, 1.807) is 0 Å². The number of nitrogens with zero attached hydrogens (tertiary/aromatic N) is 2. The summed E-state index contributed by atoms with van der Waals surface area (Å²) in [7, 11) is 0. The number of nitrogens with two attached hydrogens (primary N) is 1. The zero-order valence-corrected chi connectivity index (χ0v) is 22.8. The zero-order chi connectivity index (χ0) is 29.7. The lowest BCUT2D eigenvalue weighted by Crippen LogP contribution is -2.27. The van der Waals surface area contributed by atoms with Gasteiger partial charge in [-0.25, -0.2) is 14.2 Å². The fourth-order valence-electron chi connectivity index (χ4n) is 3.93. The second-order valence-electron chi connectivity index (χ2n) is 10.9. The van der Waals surface area contributed by atoms with Gasteiger partial charge in [0.25, 0.3) is 5.91 Å². The van der Waals surface area contributed by atoms with E-state index in [1.165, 1.54) is 30.3 Å². The number of primary amides is 1. The van der Waals surface area contributed by atoms with E-state index in [0.29, 0.717) is 23.8 Å². The molecule has 0 spiro atoms. The van der Waals surface area contributed by atoms with Gasteiger partial charge in [-0.1, -0.05) is 20.8 Å². The number of rotatable bonds is 12. The number of hydrogen-bond acceptors (Lipinski definition) is 8. The highest BCUT2D eigenvalue weighted by Gasteiger charge is 2.33. The summed E-state index contributed by atoms with van der Waals surface area (Å²) < 4.78 is 60.9. The monoisotopic (exact) mass is 576 g/mol. The minimum Gasteiger partial charge on any atom is -0.489 e. The van der Waals surface area contributed by atoms with Crippen molar-refractivity contribution in [3.8, 4) is 23.0 Å². The Morgan fingerprint density at radius 3 is 2.54 bits per heavy atom. The first-order valence-electron chi connectivity index (χ1n) is 13.0. The lowest BCUT2D eigenvalue weighted by Gasteiger charge is -2.24. The van der Waals surface area contributed by atoms with Crippen LogP contribution in [0.1, 0.15) is 68.1 Å². The maximum atomic E-state index is 13.3. The van der Waals surface area contributed by atoms with Crippen molar-refractivity contribution >= 4 is 12.0 Å². The van der Waals surface area contributed by atoms with Gasteiger partial charge in [0, 0.05) is 5.56 Å². The summed E-state index contributed by atoms with van der Waals surface area (Å²) in [5, 5.41) is 2.65. The Bertz CT molecular complexity index is 1370. The molecule has 41 heavy (non-hydrogen) atoms. The molecule has 0 saturated heterocycles. The fraction of sp³-hybridized carbons (Fsp3) is 0.429. The number of pyridine rings is 1. The molecule has 1 fully saturated rings. The van der Waals surface area contributed by atoms with Gasteiger partial charge in [-0.05, 0) is 60.9 Å². The van der Waals surface area contributed by atoms with E-state index in [9.17, 15) is 22.8 Å². The molecule has 10 nitrogen and oxygen atoms in total. The second-order valence-corrected chi connectivity index (χ2v) is 10.9. The first kappa shape index (κ1) is 29.7. The molecule has 1 atom stereocenters. The summed E-state index contributed by atoms with van der Waals surface area (Å²) in [6, 6.07) is 6.76. The number of aromatic nitrogens is 2. The van der Waals surface area contributed by atoms with Crippen LogP contribution < -0.4 is 20.5 Å². The molecule has 4 rings (SSSR count). The highest BCUT2D eigenvalue weighted by atomic mass is 19.3. The van der Waals surface area contributed by atoms with Crippen molar-refractivity contribution in [1.29, 1.82) is 0 Å². The number of oxazole rings is 1. The van der Waals surface area contributed by atoms with Crippen molar-refractivity contribution in [3.63, 3.8) is 0 Å². The normalized spacial score (nSPS) is 14.0. The quantitative estimate of drug-likeness (QED) is 0.277. The van der Waals surface area contributed by atoms with E-state index >= 15 is 0 Å². The Balaban J connectivity index is 1.71. The molecule has 0 aliphatic heterocycles. The zero-order valence-electron chi connectivity index (χ0n) is 22.8. The van der Waals surface area contributed by atoms with Crippen LogP contribution in [0.5, 0.6) is 11.5 Å². The van der Waals surface area contributed by atoms with Crippen LogP contribution in [0.25, 0.3) is 11.5 Å². The number of halogens is 3. The first-order chi connectivity index (χ1) is 19.4. The summed E-state index contributed by atoms with van der Waals surface area (Å²) in [5.74, 6) is -1.10. The van der Waals surface area contributed by atoms with Crippen LogP contribution in [-0.2, 0) is 11.3 Å². The van der Waals surface area contributed by atoms with Gasteiger partial charge >= 0.3 is 12.7 Å². The Kier molecular flexibility index (Phi) is 9.04. The van der Waals surface area contributed by atoms with E-state index in [2.05, 4.69) is 20.0 Å². The molecular weight excluding hydrogens is 545 g/mol. The smallest absolute Gasteiger partial charge is 0.405 e. The summed E-state index contributed by atoms with van der Waals surface area (Å²) in [6.07, 6.45) is 1.05. The number of alkyl halides is 2. The number of amides is 2. The van der Waals surface area contributed by atoms with Crippen LogP contribution in [-0.4, -0.2) is 35.2 Å². The Morgan fingerprint density at radius 2 is 1.93 bits per heavy atom. The summed E-state index contributed by atoms with van der Waals surface area (Å²) >= 11 is 0. The average molecular weight is 577 g/mol. The van der Waals surface area contributed by atoms with Crippen LogP contribution in [0, 0.1) is 17.2 Å². The van der Waals surface area contributed by atoms with Gasteiger partial charge in [0.2, 0.25) is 5.89 Å². The van der Waals surface area contributed by atoms with Gasteiger partial charge in [-0.2, -0.15) is 8.78 Å². The molecule has 0 bridgehead atoms. The van der Waals surface area contributed by atoms with Gasteiger partial charge in [0.1, 0.15) is 5.82 Å². The third kappa shape index (κ3) is 8.60. The minimum atomic E-state index is -3.06. The number of carbonyl (C=O) groups excluding carboxylic acids is 2. The lowest BCUT2D eigenvalue weighted by molar-refractivity contribution is -0.0515. The van der Waals surface area contributed by atoms with Crippen molar-refractivity contribution in [1.82, 2.24) is 15.3 Å². The number of ether oxygens (including phenoxy) is 3. The molecule has 13 heteroatoms. The van der Waals surface area contributed by atoms with Gasteiger partial charge in [0.05, 0.1) is 25.0 Å². The molecule has 1 aliphatic rings. The highest BCUT2D eigenvalue weighted by Crippen LogP contribution is 2.39. The standard InChI is InChI=1S/C28H31F3N4O6/c1-28(2,3)11-21(40-27(32)37)23-22(24(36)34-13-18-8-7-17(29)12-33-18)35-25(41-23)16-6-9-19(39-26(30)31)20(10-16)38-14-15-4-5-15/h6-10,12,15,21,26H,4-5,11,13-14H2,1-3H3,(H2,32,37)(H,34,36)/t21-/m0/s1. The van der Waals surface area contributed by atoms with Crippen LogP contribution in [0.2, 0.25) is 0 Å². The molecule has 2 aromatic heterocycles. The molecular formula is C28H31F3N4O6. The predicted molar refractivity (Wildman–Crippen MR) is 140 cm³/mol. The van der Waals surface area contributed by atoms with E-state index in [4.69, 9.17) is 19.6 Å². The molecule has 220 valence electrons. The van der Waals surface area contributed by atoms with Crippen LogP contribution >= 0.6 is 0 Å². The molecule has 1 aromatic carbocycles. The summed E-state index contributed by atoms with van der Waals surface area (Å²) in [5.41, 5.74) is 5.43. The maximum Gasteiger partial charge on any atom is 0.405 e. The van der Waals surface area contributed by atoms with Gasteiger partial charge in [-0.3, -0.25) is 9.78 Å². The Hall–Kier alpha value is -4.29. The SMILES string of the molecule is CC(C)(C)C[C@H](OC(N)=O)c1oc(-c2ccc(OC(F)F)c(OCC3CC3)c2)nc1C(=O)NCc1ccc(F)cn1. The molecule has 1 saturated carbocycles. The second kappa shape index (κ2) is 12.5. The van der Waals surface area contributed by atoms with Crippen LogP contribution in [0.4, 0.5) is 18.0 Å². The predicted octanol–water partition coefficient (Wildman–Crippen LogP) is 5.77. The molecule has 3 aromatic rings. The van der Waals surface area contributed by atoms with E-state index in [-0.39, 0.29) is 41.8 Å². The lowest BCUT2D eigenvalue weighted by atomic mass is 9.88. The van der Waals surface area contributed by atoms with Crippen molar-refractivity contribution < 1.29 is 41.4 Å². The van der Waals surface area contributed by atoms with Crippen molar-refractivity contribution in [2.45, 2.75) is 59.3 Å². The topological polar surface area (TPSA) is 139 Å². The maximum absolute atomic E-state index is 13.3. The molecule has 2 amide bonds. The van der Waals surface area contributed by atoms with Crippen molar-refractivity contribution in [3.05, 3.63) is 59.5 Å². The van der Waals surface area contributed by atoms with Crippen LogP contribution in [0.15, 0.2) is 40.9 Å². The van der Waals surface area contributed by atoms with Crippen molar-refractivity contribution in [2.75, 3.05) is 6.61 Å². The van der Waals surface area contributed by atoms with Gasteiger partial charge < -0.3 is 29.7 Å². The fourth-order valence-corrected chi connectivity index (χ4v) is 3.93. The Morgan fingerprint density at radius 1 is 1.17 bits per heavy atom. The van der Waals surface area contributed by atoms with E-state index < -0.39 is 35.9 Å². The highest BCUT2D eigenvalue weighted by molar-refractivity contribution is 5.94. The third-order valence-electron chi connectivity index (χ3n) is 6.01. The van der Waals surface area contributed by atoms with E-state index in [0.717, 1.165) is 19.0 Å². The summed E-state index contributed by atoms with van der Waals surface area (Å²) in [4.78, 5) is 33.4. The molecule has 2 heterocycles. The number of benzene rings is 1. The van der Waals surface area contributed by atoms with E-state index in [1.807, 2.05) is 20.8 Å². The average Bonchev–Trinajstić information content (AvgIpc) is 3.61. The number of hydrogen-bond donors (Lipinski definition) is 2. The number of carbonyl (C=O) groups is 2. The molecule has 0 unspecified atom stereocenters. The van der Waals surface area contributed by atoms with Crippen molar-refractivity contribution in [2.24, 2.45) is 17.1 Å². The van der Waals surface area contributed by atoms with Gasteiger partial charge in [0.15, 0.2) is 29.1 Å². The first-order valence-corrected chi connectivity index (χ1v) is 13.0. The largest absolute Gasteiger partial charge is 0.489 e.